The molecule has 1 heterocycles. The Morgan fingerprint density at radius 2 is 1.89 bits per heavy atom. The topological polar surface area (TPSA) is 92.5 Å². The molecule has 5 nitrogen and oxygen atoms in total. The minimum absolute atomic E-state index is 0.0281. The Morgan fingerprint density at radius 3 is 2.59 bits per heavy atom. The number of aryl methyl sites for hydroxylation is 1. The van der Waals surface area contributed by atoms with Crippen LogP contribution in [0.4, 0.5) is 0 Å². The van der Waals surface area contributed by atoms with E-state index in [1.54, 1.807) is 0 Å². The standard InChI is InChI=1S/C22H25N5/c1-13(2)15-8-11-19-18(12-15)17-10-9-16(14-6-4-3-5-7-14)21(20(17)25-19)26-27-22(23)24/h3-8,11-13,16,25H,9-10H2,1-2H3,(H4,23,24,27). The predicted octanol–water partition coefficient (Wildman–Crippen LogP) is 4.00. The highest BCUT2D eigenvalue weighted by Crippen LogP contribution is 2.37. The molecule has 0 bridgehead atoms. The SMILES string of the molecule is CC(C)c1ccc2[nH]c3c(c2c1)CCC(c1ccccc1)C3=NN=C(N)N. The van der Waals surface area contributed by atoms with Gasteiger partial charge in [0.1, 0.15) is 0 Å². The summed E-state index contributed by atoms with van der Waals surface area (Å²) >= 11 is 0. The molecule has 138 valence electrons. The second-order valence-corrected chi connectivity index (χ2v) is 7.45. The van der Waals surface area contributed by atoms with Gasteiger partial charge < -0.3 is 16.5 Å². The summed E-state index contributed by atoms with van der Waals surface area (Å²) in [7, 11) is 0. The van der Waals surface area contributed by atoms with E-state index in [2.05, 4.69) is 71.5 Å². The highest BCUT2D eigenvalue weighted by Gasteiger charge is 2.30. The summed E-state index contributed by atoms with van der Waals surface area (Å²) in [6.45, 7) is 4.44. The van der Waals surface area contributed by atoms with E-state index in [1.807, 2.05) is 6.07 Å². The lowest BCUT2D eigenvalue weighted by Gasteiger charge is -2.24. The third kappa shape index (κ3) is 3.21. The van der Waals surface area contributed by atoms with Crippen LogP contribution in [0.2, 0.25) is 0 Å². The Bertz CT molecular complexity index is 1020. The fourth-order valence-corrected chi connectivity index (χ4v) is 3.94. The predicted molar refractivity (Wildman–Crippen MR) is 112 cm³/mol. The molecule has 3 aromatic rings. The van der Waals surface area contributed by atoms with Crippen molar-refractivity contribution in [3.63, 3.8) is 0 Å². The van der Waals surface area contributed by atoms with Gasteiger partial charge in [0.25, 0.3) is 0 Å². The second-order valence-electron chi connectivity index (χ2n) is 7.45. The normalized spacial score (nSPS) is 18.0. The van der Waals surface area contributed by atoms with E-state index >= 15 is 0 Å². The first-order valence-electron chi connectivity index (χ1n) is 9.41. The van der Waals surface area contributed by atoms with Crippen LogP contribution in [-0.4, -0.2) is 16.7 Å². The fraction of sp³-hybridized carbons (Fsp3) is 0.273. The molecule has 0 saturated carbocycles. The molecule has 1 aromatic heterocycles. The molecule has 5 N–H and O–H groups in total. The van der Waals surface area contributed by atoms with Gasteiger partial charge in [0.05, 0.1) is 11.4 Å². The van der Waals surface area contributed by atoms with Crippen LogP contribution < -0.4 is 11.5 Å². The lowest BCUT2D eigenvalue weighted by atomic mass is 9.81. The molecule has 4 rings (SSSR count). The zero-order chi connectivity index (χ0) is 19.0. The van der Waals surface area contributed by atoms with Crippen molar-refractivity contribution >= 4 is 22.6 Å². The van der Waals surface area contributed by atoms with Gasteiger partial charge in [-0.15, -0.1) is 10.2 Å². The quantitative estimate of drug-likeness (QED) is 0.375. The molecule has 0 aliphatic heterocycles. The van der Waals surface area contributed by atoms with Crippen molar-refractivity contribution < 1.29 is 0 Å². The Kier molecular flexibility index (Phi) is 4.44. The summed E-state index contributed by atoms with van der Waals surface area (Å²) in [6.07, 6.45) is 1.98. The lowest BCUT2D eigenvalue weighted by Crippen LogP contribution is -2.24. The largest absolute Gasteiger partial charge is 0.369 e. The molecule has 1 aliphatic carbocycles. The molecule has 2 aromatic carbocycles. The number of aromatic amines is 1. The lowest BCUT2D eigenvalue weighted by molar-refractivity contribution is 0.741. The summed E-state index contributed by atoms with van der Waals surface area (Å²) in [6, 6.07) is 17.1. The van der Waals surface area contributed by atoms with Gasteiger partial charge in [-0.3, -0.25) is 0 Å². The molecule has 1 aliphatic rings. The maximum absolute atomic E-state index is 5.55. The van der Waals surface area contributed by atoms with E-state index in [4.69, 9.17) is 11.5 Å². The molecule has 1 unspecified atom stereocenters. The van der Waals surface area contributed by atoms with Crippen LogP contribution in [-0.2, 0) is 6.42 Å². The number of nitrogens with two attached hydrogens (primary N) is 2. The number of H-pyrrole nitrogens is 1. The summed E-state index contributed by atoms with van der Waals surface area (Å²) in [5.74, 6) is 0.634. The zero-order valence-electron chi connectivity index (χ0n) is 15.7. The number of hydrogen-bond acceptors (Lipinski definition) is 2. The van der Waals surface area contributed by atoms with Crippen molar-refractivity contribution in [1.82, 2.24) is 4.98 Å². The van der Waals surface area contributed by atoms with Gasteiger partial charge in [0, 0.05) is 16.8 Å². The maximum atomic E-state index is 5.55. The van der Waals surface area contributed by atoms with Crippen molar-refractivity contribution in [2.75, 3.05) is 0 Å². The summed E-state index contributed by atoms with van der Waals surface area (Å²) in [5.41, 5.74) is 18.1. The molecule has 0 saturated heterocycles. The van der Waals surface area contributed by atoms with Gasteiger partial charge in [-0.2, -0.15) is 0 Å². The van der Waals surface area contributed by atoms with Crippen LogP contribution in [0.25, 0.3) is 10.9 Å². The Balaban J connectivity index is 1.89. The van der Waals surface area contributed by atoms with E-state index in [-0.39, 0.29) is 11.9 Å². The summed E-state index contributed by atoms with van der Waals surface area (Å²) in [5, 5.41) is 9.71. The van der Waals surface area contributed by atoms with E-state index < -0.39 is 0 Å². The van der Waals surface area contributed by atoms with Crippen LogP contribution in [0, 0.1) is 0 Å². The summed E-state index contributed by atoms with van der Waals surface area (Å²) < 4.78 is 0. The first kappa shape index (κ1) is 17.3. The average molecular weight is 359 g/mol. The van der Waals surface area contributed by atoms with Crippen LogP contribution in [0.15, 0.2) is 58.7 Å². The van der Waals surface area contributed by atoms with E-state index in [1.165, 1.54) is 22.1 Å². The average Bonchev–Trinajstić information content (AvgIpc) is 3.04. The molecule has 0 fully saturated rings. The first-order chi connectivity index (χ1) is 13.0. The number of fused-ring (bicyclic) bond motifs is 3. The minimum atomic E-state index is -0.0281. The summed E-state index contributed by atoms with van der Waals surface area (Å²) in [4.78, 5) is 3.57. The highest BCUT2D eigenvalue weighted by atomic mass is 15.3. The van der Waals surface area contributed by atoms with E-state index in [0.717, 1.165) is 29.8 Å². The van der Waals surface area contributed by atoms with Crippen molar-refractivity contribution in [2.45, 2.75) is 38.5 Å². The minimum Gasteiger partial charge on any atom is -0.369 e. The van der Waals surface area contributed by atoms with Gasteiger partial charge in [-0.1, -0.05) is 50.2 Å². The van der Waals surface area contributed by atoms with Crippen LogP contribution >= 0.6 is 0 Å². The highest BCUT2D eigenvalue weighted by molar-refractivity contribution is 6.10. The molecule has 1 atom stereocenters. The number of guanidine groups is 1. The first-order valence-corrected chi connectivity index (χ1v) is 9.41. The van der Waals surface area contributed by atoms with Crippen molar-refractivity contribution in [1.29, 1.82) is 0 Å². The van der Waals surface area contributed by atoms with Gasteiger partial charge in [0.15, 0.2) is 0 Å². The smallest absolute Gasteiger partial charge is 0.211 e. The van der Waals surface area contributed by atoms with Crippen molar-refractivity contribution in [3.05, 3.63) is 70.9 Å². The molecule has 0 radical (unpaired) electrons. The Labute approximate surface area is 159 Å². The second kappa shape index (κ2) is 6.91. The number of benzene rings is 2. The van der Waals surface area contributed by atoms with Gasteiger partial charge in [0.2, 0.25) is 5.96 Å². The molecule has 0 spiro atoms. The van der Waals surface area contributed by atoms with Crippen LogP contribution in [0.5, 0.6) is 0 Å². The van der Waals surface area contributed by atoms with E-state index in [0.29, 0.717) is 5.92 Å². The molecule has 27 heavy (non-hydrogen) atoms. The Hall–Kier alpha value is -3.08. The maximum Gasteiger partial charge on any atom is 0.211 e. The number of nitrogens with one attached hydrogen (secondary N) is 1. The molecule has 0 amide bonds. The van der Waals surface area contributed by atoms with Crippen LogP contribution in [0.3, 0.4) is 0 Å². The third-order valence-electron chi connectivity index (χ3n) is 5.34. The third-order valence-corrected chi connectivity index (χ3v) is 5.34. The van der Waals surface area contributed by atoms with Crippen molar-refractivity contribution in [2.24, 2.45) is 21.7 Å². The number of rotatable bonds is 3. The van der Waals surface area contributed by atoms with Crippen molar-refractivity contribution in [3.8, 4) is 0 Å². The zero-order valence-corrected chi connectivity index (χ0v) is 15.7. The van der Waals surface area contributed by atoms with Gasteiger partial charge >= 0.3 is 0 Å². The number of aromatic nitrogens is 1. The molecular weight excluding hydrogens is 334 g/mol. The van der Waals surface area contributed by atoms with Gasteiger partial charge in [-0.05, 0) is 47.6 Å². The fourth-order valence-electron chi connectivity index (χ4n) is 3.94. The van der Waals surface area contributed by atoms with Crippen LogP contribution in [0.1, 0.15) is 54.5 Å². The van der Waals surface area contributed by atoms with Gasteiger partial charge in [-0.25, -0.2) is 0 Å². The Morgan fingerprint density at radius 1 is 1.11 bits per heavy atom. The number of hydrogen-bond donors (Lipinski definition) is 3. The molecule has 5 heteroatoms. The number of nitrogens with zero attached hydrogens (tertiary/aromatic N) is 2. The molecular formula is C22H25N5. The van der Waals surface area contributed by atoms with E-state index in [9.17, 15) is 0 Å². The monoisotopic (exact) mass is 359 g/mol.